The zero-order chi connectivity index (χ0) is 19.3. The lowest BCUT2D eigenvalue weighted by molar-refractivity contribution is 0.0729. The molecule has 0 aliphatic heterocycles. The molecule has 0 saturated heterocycles. The first-order valence-electron chi connectivity index (χ1n) is 8.57. The van der Waals surface area contributed by atoms with Gasteiger partial charge >= 0.3 is 5.97 Å². The molecule has 138 valence electrons. The van der Waals surface area contributed by atoms with Crippen molar-refractivity contribution in [1.82, 2.24) is 9.97 Å². The minimum atomic E-state index is -0.531. The number of carbonyl (C=O) groups excluding carboxylic acids is 1. The van der Waals surface area contributed by atoms with Gasteiger partial charge in [-0.15, -0.1) is 0 Å². The predicted octanol–water partition coefficient (Wildman–Crippen LogP) is 4.65. The highest BCUT2D eigenvalue weighted by Gasteiger charge is 2.12. The lowest BCUT2D eigenvalue weighted by atomic mass is 10.2. The van der Waals surface area contributed by atoms with Gasteiger partial charge in [-0.25, -0.2) is 14.8 Å². The Morgan fingerprint density at radius 2 is 1.64 bits per heavy atom. The van der Waals surface area contributed by atoms with E-state index in [0.29, 0.717) is 22.9 Å². The molecule has 4 rings (SSSR count). The van der Waals surface area contributed by atoms with Crippen LogP contribution in [0.1, 0.15) is 10.5 Å². The summed E-state index contributed by atoms with van der Waals surface area (Å²) < 4.78 is 16.2. The average molecular weight is 372 g/mol. The summed E-state index contributed by atoms with van der Waals surface area (Å²) in [5, 5.41) is 0.881. The largest absolute Gasteiger partial charge is 0.497 e. The van der Waals surface area contributed by atoms with E-state index < -0.39 is 5.97 Å². The molecule has 0 spiro atoms. The lowest BCUT2D eigenvalue weighted by Crippen LogP contribution is -2.10. The molecule has 0 aliphatic carbocycles. The number of fused-ring (bicyclic) bond motifs is 1. The Labute approximate surface area is 161 Å². The molecule has 0 amide bonds. The summed E-state index contributed by atoms with van der Waals surface area (Å²) in [6.45, 7) is 0. The molecule has 0 atom stereocenters. The van der Waals surface area contributed by atoms with Crippen LogP contribution >= 0.6 is 0 Å². The molecule has 0 unspecified atom stereocenters. The molecular formula is C22H16N2O4. The Morgan fingerprint density at radius 1 is 0.857 bits per heavy atom. The first kappa shape index (κ1) is 17.5. The number of carbonyl (C=O) groups is 1. The van der Waals surface area contributed by atoms with E-state index in [9.17, 15) is 4.79 Å². The van der Waals surface area contributed by atoms with E-state index in [1.54, 1.807) is 61.8 Å². The van der Waals surface area contributed by atoms with E-state index in [1.807, 2.05) is 24.3 Å². The van der Waals surface area contributed by atoms with Gasteiger partial charge in [0.25, 0.3) is 0 Å². The van der Waals surface area contributed by atoms with Gasteiger partial charge in [-0.1, -0.05) is 12.1 Å². The van der Waals surface area contributed by atoms with Gasteiger partial charge in [0.15, 0.2) is 0 Å². The van der Waals surface area contributed by atoms with Crippen molar-refractivity contribution < 1.29 is 19.0 Å². The second-order valence-electron chi connectivity index (χ2n) is 5.89. The van der Waals surface area contributed by atoms with Crippen LogP contribution in [0.5, 0.6) is 23.1 Å². The van der Waals surface area contributed by atoms with Crippen LogP contribution in [0.3, 0.4) is 0 Å². The molecule has 2 aromatic carbocycles. The fourth-order valence-electron chi connectivity index (χ4n) is 2.61. The third kappa shape index (κ3) is 3.91. The van der Waals surface area contributed by atoms with Crippen molar-refractivity contribution >= 4 is 16.9 Å². The number of esters is 1. The van der Waals surface area contributed by atoms with E-state index >= 15 is 0 Å². The third-order valence-corrected chi connectivity index (χ3v) is 4.00. The van der Waals surface area contributed by atoms with Crippen LogP contribution in [0, 0.1) is 0 Å². The normalized spacial score (nSPS) is 10.5. The van der Waals surface area contributed by atoms with Crippen LogP contribution in [0.2, 0.25) is 0 Å². The quantitative estimate of drug-likeness (QED) is 0.375. The topological polar surface area (TPSA) is 70.5 Å². The Balaban J connectivity index is 1.46. The number of benzene rings is 2. The van der Waals surface area contributed by atoms with Crippen LogP contribution in [0.15, 0.2) is 79.0 Å². The standard InChI is InChI=1S/C22H16N2O4/c1-26-18-10-12-19-15(14-18)5-11-20(24-19)22(25)28-17-8-6-16(7-9-17)27-21-4-2-3-13-23-21/h2-14H,1H3. The van der Waals surface area contributed by atoms with Gasteiger partial charge in [0.1, 0.15) is 22.9 Å². The van der Waals surface area contributed by atoms with E-state index in [0.717, 1.165) is 11.1 Å². The molecule has 0 N–H and O–H groups in total. The number of aromatic nitrogens is 2. The number of hydrogen-bond donors (Lipinski definition) is 0. The molecule has 28 heavy (non-hydrogen) atoms. The number of hydrogen-bond acceptors (Lipinski definition) is 6. The number of ether oxygens (including phenoxy) is 3. The van der Waals surface area contributed by atoms with Crippen LogP contribution in [0.4, 0.5) is 0 Å². The van der Waals surface area contributed by atoms with Gasteiger partial charge in [-0.3, -0.25) is 0 Å². The Kier molecular flexibility index (Phi) is 4.84. The molecule has 2 heterocycles. The van der Waals surface area contributed by atoms with Gasteiger partial charge in [-0.2, -0.15) is 0 Å². The Hall–Kier alpha value is -3.93. The van der Waals surface area contributed by atoms with Gasteiger partial charge in [-0.05, 0) is 54.6 Å². The van der Waals surface area contributed by atoms with E-state index in [4.69, 9.17) is 14.2 Å². The van der Waals surface area contributed by atoms with Crippen molar-refractivity contribution in [2.45, 2.75) is 0 Å². The van der Waals surface area contributed by atoms with Crippen molar-refractivity contribution in [3.63, 3.8) is 0 Å². The van der Waals surface area contributed by atoms with Gasteiger partial charge in [0.05, 0.1) is 12.6 Å². The SMILES string of the molecule is COc1ccc2nc(C(=O)Oc3ccc(Oc4ccccn4)cc3)ccc2c1. The summed E-state index contributed by atoms with van der Waals surface area (Å²) in [5.74, 6) is 1.68. The summed E-state index contributed by atoms with van der Waals surface area (Å²) in [6, 6.07) is 21.0. The van der Waals surface area contributed by atoms with E-state index in [2.05, 4.69) is 9.97 Å². The average Bonchev–Trinajstić information content (AvgIpc) is 2.75. The van der Waals surface area contributed by atoms with Gasteiger partial charge in [0, 0.05) is 17.6 Å². The van der Waals surface area contributed by atoms with E-state index in [-0.39, 0.29) is 5.69 Å². The summed E-state index contributed by atoms with van der Waals surface area (Å²) in [4.78, 5) is 20.9. The van der Waals surface area contributed by atoms with Crippen LogP contribution in [-0.4, -0.2) is 23.0 Å². The lowest BCUT2D eigenvalue weighted by Gasteiger charge is -2.07. The molecule has 6 heteroatoms. The number of pyridine rings is 2. The summed E-state index contributed by atoms with van der Waals surface area (Å²) in [5.41, 5.74) is 0.917. The highest BCUT2D eigenvalue weighted by Crippen LogP contribution is 2.23. The van der Waals surface area contributed by atoms with Gasteiger partial charge < -0.3 is 14.2 Å². The minimum Gasteiger partial charge on any atom is -0.497 e. The molecule has 0 aliphatic rings. The van der Waals surface area contributed by atoms with Crippen molar-refractivity contribution in [2.75, 3.05) is 7.11 Å². The highest BCUT2D eigenvalue weighted by molar-refractivity contribution is 5.92. The first-order valence-corrected chi connectivity index (χ1v) is 8.57. The minimum absolute atomic E-state index is 0.228. The maximum absolute atomic E-state index is 12.4. The van der Waals surface area contributed by atoms with Crippen molar-refractivity contribution in [2.24, 2.45) is 0 Å². The fraction of sp³-hybridized carbons (Fsp3) is 0.0455. The molecule has 4 aromatic rings. The van der Waals surface area contributed by atoms with Crippen molar-refractivity contribution in [1.29, 1.82) is 0 Å². The van der Waals surface area contributed by atoms with Crippen LogP contribution in [-0.2, 0) is 0 Å². The zero-order valence-electron chi connectivity index (χ0n) is 15.0. The maximum atomic E-state index is 12.4. The summed E-state index contributed by atoms with van der Waals surface area (Å²) >= 11 is 0. The van der Waals surface area contributed by atoms with Crippen LogP contribution in [0.25, 0.3) is 10.9 Å². The monoisotopic (exact) mass is 372 g/mol. The second-order valence-corrected chi connectivity index (χ2v) is 5.89. The zero-order valence-corrected chi connectivity index (χ0v) is 15.0. The second kappa shape index (κ2) is 7.75. The molecule has 0 fully saturated rings. The Bertz CT molecular complexity index is 1110. The molecular weight excluding hydrogens is 356 g/mol. The number of methoxy groups -OCH3 is 1. The number of rotatable bonds is 5. The summed E-state index contributed by atoms with van der Waals surface area (Å²) in [6.07, 6.45) is 1.65. The smallest absolute Gasteiger partial charge is 0.362 e. The summed E-state index contributed by atoms with van der Waals surface area (Å²) in [7, 11) is 1.60. The van der Waals surface area contributed by atoms with Gasteiger partial charge in [0.2, 0.25) is 5.88 Å². The first-order chi connectivity index (χ1) is 13.7. The molecule has 6 nitrogen and oxygen atoms in total. The van der Waals surface area contributed by atoms with E-state index in [1.165, 1.54) is 0 Å². The molecule has 0 radical (unpaired) electrons. The highest BCUT2D eigenvalue weighted by atomic mass is 16.5. The van der Waals surface area contributed by atoms with Crippen molar-refractivity contribution in [3.05, 3.63) is 84.7 Å². The van der Waals surface area contributed by atoms with Crippen LogP contribution < -0.4 is 14.2 Å². The van der Waals surface area contributed by atoms with Crippen molar-refractivity contribution in [3.8, 4) is 23.1 Å². The molecule has 0 bridgehead atoms. The predicted molar refractivity (Wildman–Crippen MR) is 104 cm³/mol. The maximum Gasteiger partial charge on any atom is 0.362 e. The Morgan fingerprint density at radius 3 is 2.39 bits per heavy atom. The fourth-order valence-corrected chi connectivity index (χ4v) is 2.61. The molecule has 0 saturated carbocycles. The molecule has 2 aromatic heterocycles. The third-order valence-electron chi connectivity index (χ3n) is 4.00. The number of nitrogens with zero attached hydrogens (tertiary/aromatic N) is 2.